The molecule has 6 rings (SSSR count). The van der Waals surface area contributed by atoms with Crippen molar-refractivity contribution in [3.63, 3.8) is 0 Å². The Morgan fingerprint density at radius 2 is 1.54 bits per heavy atom. The minimum atomic E-state index is 0.655. The van der Waals surface area contributed by atoms with Crippen molar-refractivity contribution in [3.8, 4) is 22.6 Å². The molecule has 0 unspecified atom stereocenters. The van der Waals surface area contributed by atoms with E-state index in [1.54, 1.807) is 6.33 Å². The normalized spacial score (nSPS) is 14.2. The third-order valence-electron chi connectivity index (χ3n) is 7.35. The van der Waals surface area contributed by atoms with E-state index in [0.29, 0.717) is 12.5 Å². The van der Waals surface area contributed by atoms with E-state index in [0.717, 1.165) is 53.4 Å². The number of hydrogen-bond acceptors (Lipinski definition) is 4. The first kappa shape index (κ1) is 23.3. The molecular formula is C32H32N4O. The highest BCUT2D eigenvalue weighted by molar-refractivity contribution is 6.02. The van der Waals surface area contributed by atoms with Gasteiger partial charge in [0.15, 0.2) is 5.65 Å². The molecule has 0 bridgehead atoms. The summed E-state index contributed by atoms with van der Waals surface area (Å²) in [4.78, 5) is 12.1. The molecule has 1 fully saturated rings. The minimum Gasteiger partial charge on any atom is -0.494 e. The van der Waals surface area contributed by atoms with E-state index in [2.05, 4.69) is 88.5 Å². The smallest absolute Gasteiger partial charge is 0.150 e. The molecule has 3 heterocycles. The zero-order chi connectivity index (χ0) is 25.0. The van der Waals surface area contributed by atoms with E-state index >= 15 is 0 Å². The maximum Gasteiger partial charge on any atom is 0.150 e. The topological polar surface area (TPSA) is 43.2 Å². The fourth-order valence-electron chi connectivity index (χ4n) is 5.48. The second-order valence-corrected chi connectivity index (χ2v) is 9.72. The van der Waals surface area contributed by atoms with Gasteiger partial charge in [0.2, 0.25) is 0 Å². The average Bonchev–Trinajstić information content (AvgIpc) is 3.35. The van der Waals surface area contributed by atoms with Crippen molar-refractivity contribution in [1.82, 2.24) is 14.5 Å². The van der Waals surface area contributed by atoms with Crippen molar-refractivity contribution in [3.05, 3.63) is 103 Å². The number of hydrogen-bond donors (Lipinski definition) is 0. The van der Waals surface area contributed by atoms with Gasteiger partial charge in [0, 0.05) is 30.5 Å². The molecule has 0 atom stereocenters. The second-order valence-electron chi connectivity index (χ2n) is 9.72. The number of piperidine rings is 1. The van der Waals surface area contributed by atoms with E-state index in [1.807, 2.05) is 19.1 Å². The number of benzene rings is 3. The molecule has 2 aromatic heterocycles. The summed E-state index contributed by atoms with van der Waals surface area (Å²) in [5.74, 6) is 2.62. The Morgan fingerprint density at radius 1 is 0.838 bits per heavy atom. The van der Waals surface area contributed by atoms with Crippen LogP contribution in [0.3, 0.4) is 0 Å². The lowest BCUT2D eigenvalue weighted by Gasteiger charge is -2.33. The average molecular weight is 489 g/mol. The Kier molecular flexibility index (Phi) is 6.59. The standard InChI is InChI=1S/C32H32N4O/c1-2-37-28-15-13-27(14-16-28)36-22-29(26-11-7-4-8-12-26)30-31(33-23-34-32(30)36)35-19-17-25(18-20-35)21-24-9-5-3-6-10-24/h3-16,22-23,25H,2,17-21H2,1H3. The van der Waals surface area contributed by atoms with Gasteiger partial charge in [-0.25, -0.2) is 9.97 Å². The van der Waals surface area contributed by atoms with Crippen LogP contribution in [-0.4, -0.2) is 34.2 Å². The molecule has 5 aromatic rings. The number of nitrogens with zero attached hydrogens (tertiary/aromatic N) is 4. The van der Waals surface area contributed by atoms with Crippen molar-refractivity contribution in [2.45, 2.75) is 26.2 Å². The van der Waals surface area contributed by atoms with Crippen molar-refractivity contribution in [2.24, 2.45) is 5.92 Å². The summed E-state index contributed by atoms with van der Waals surface area (Å²) < 4.78 is 7.84. The quantitative estimate of drug-likeness (QED) is 0.249. The van der Waals surface area contributed by atoms with E-state index in [-0.39, 0.29) is 0 Å². The molecule has 5 nitrogen and oxygen atoms in total. The third-order valence-corrected chi connectivity index (χ3v) is 7.35. The first-order chi connectivity index (χ1) is 18.3. The van der Waals surface area contributed by atoms with E-state index < -0.39 is 0 Å². The first-order valence-electron chi connectivity index (χ1n) is 13.2. The van der Waals surface area contributed by atoms with Gasteiger partial charge in [0.25, 0.3) is 0 Å². The molecule has 0 N–H and O–H groups in total. The van der Waals surface area contributed by atoms with Crippen LogP contribution < -0.4 is 9.64 Å². The molecule has 0 spiro atoms. The molecule has 0 aliphatic carbocycles. The number of ether oxygens (including phenoxy) is 1. The van der Waals surface area contributed by atoms with Crippen molar-refractivity contribution in [2.75, 3.05) is 24.6 Å². The Bertz CT molecular complexity index is 1450. The zero-order valence-corrected chi connectivity index (χ0v) is 21.3. The fourth-order valence-corrected chi connectivity index (χ4v) is 5.48. The maximum atomic E-state index is 5.66. The molecule has 0 saturated carbocycles. The van der Waals surface area contributed by atoms with Crippen LogP contribution in [0, 0.1) is 5.92 Å². The highest BCUT2D eigenvalue weighted by atomic mass is 16.5. The van der Waals surface area contributed by atoms with Gasteiger partial charge in [-0.3, -0.25) is 0 Å². The minimum absolute atomic E-state index is 0.655. The van der Waals surface area contributed by atoms with Crippen LogP contribution in [0.5, 0.6) is 5.75 Å². The van der Waals surface area contributed by atoms with Gasteiger partial charge >= 0.3 is 0 Å². The summed E-state index contributed by atoms with van der Waals surface area (Å²) in [5, 5.41) is 1.11. The lowest BCUT2D eigenvalue weighted by atomic mass is 9.90. The number of aromatic nitrogens is 3. The van der Waals surface area contributed by atoms with Crippen LogP contribution in [0.1, 0.15) is 25.3 Å². The van der Waals surface area contributed by atoms with Crippen LogP contribution in [-0.2, 0) is 6.42 Å². The summed E-state index contributed by atoms with van der Waals surface area (Å²) in [6.07, 6.45) is 7.40. The van der Waals surface area contributed by atoms with Crippen LogP contribution in [0.4, 0.5) is 5.82 Å². The van der Waals surface area contributed by atoms with Crippen LogP contribution in [0.25, 0.3) is 27.8 Å². The summed E-state index contributed by atoms with van der Waals surface area (Å²) in [5.41, 5.74) is 5.75. The Balaban J connectivity index is 1.36. The van der Waals surface area contributed by atoms with Gasteiger partial charge in [0.1, 0.15) is 17.9 Å². The fraction of sp³-hybridized carbons (Fsp3) is 0.250. The first-order valence-corrected chi connectivity index (χ1v) is 13.2. The predicted octanol–water partition coefficient (Wildman–Crippen LogP) is 6.95. The highest BCUT2D eigenvalue weighted by Crippen LogP contribution is 2.38. The van der Waals surface area contributed by atoms with Gasteiger partial charge in [-0.1, -0.05) is 60.7 Å². The van der Waals surface area contributed by atoms with Gasteiger partial charge < -0.3 is 14.2 Å². The number of rotatable bonds is 7. The summed E-state index contributed by atoms with van der Waals surface area (Å²) in [6, 6.07) is 29.7. The van der Waals surface area contributed by atoms with Gasteiger partial charge in [0.05, 0.1) is 12.0 Å². The summed E-state index contributed by atoms with van der Waals surface area (Å²) in [7, 11) is 0. The van der Waals surface area contributed by atoms with Crippen molar-refractivity contribution < 1.29 is 4.74 Å². The molecular weight excluding hydrogens is 456 g/mol. The third kappa shape index (κ3) is 4.82. The van der Waals surface area contributed by atoms with Crippen LogP contribution in [0.2, 0.25) is 0 Å². The molecule has 186 valence electrons. The SMILES string of the molecule is CCOc1ccc(-n2cc(-c3ccccc3)c3c(N4CCC(Cc5ccccc5)CC4)ncnc32)cc1. The molecule has 3 aromatic carbocycles. The Morgan fingerprint density at radius 3 is 2.24 bits per heavy atom. The van der Waals surface area contributed by atoms with E-state index in [1.165, 1.54) is 24.0 Å². The molecule has 1 aliphatic rings. The number of fused-ring (bicyclic) bond motifs is 1. The van der Waals surface area contributed by atoms with Gasteiger partial charge in [-0.05, 0) is 67.5 Å². The summed E-state index contributed by atoms with van der Waals surface area (Å²) in [6.45, 7) is 4.67. The van der Waals surface area contributed by atoms with Crippen molar-refractivity contribution >= 4 is 16.9 Å². The molecule has 1 saturated heterocycles. The van der Waals surface area contributed by atoms with E-state index in [4.69, 9.17) is 14.7 Å². The maximum absolute atomic E-state index is 5.66. The predicted molar refractivity (Wildman–Crippen MR) is 151 cm³/mol. The van der Waals surface area contributed by atoms with Crippen molar-refractivity contribution in [1.29, 1.82) is 0 Å². The van der Waals surface area contributed by atoms with Gasteiger partial charge in [-0.15, -0.1) is 0 Å². The zero-order valence-electron chi connectivity index (χ0n) is 21.3. The Hall–Kier alpha value is -4.12. The highest BCUT2D eigenvalue weighted by Gasteiger charge is 2.25. The largest absolute Gasteiger partial charge is 0.494 e. The van der Waals surface area contributed by atoms with Gasteiger partial charge in [-0.2, -0.15) is 0 Å². The molecule has 37 heavy (non-hydrogen) atoms. The molecule has 0 amide bonds. The molecule has 1 aliphatic heterocycles. The number of anilines is 1. The molecule has 0 radical (unpaired) electrons. The molecule has 5 heteroatoms. The Labute approximate surface area is 218 Å². The van der Waals surface area contributed by atoms with Crippen LogP contribution in [0.15, 0.2) is 97.5 Å². The lowest BCUT2D eigenvalue weighted by molar-refractivity contribution is 0.340. The lowest BCUT2D eigenvalue weighted by Crippen LogP contribution is -2.35. The van der Waals surface area contributed by atoms with Crippen LogP contribution >= 0.6 is 0 Å². The summed E-state index contributed by atoms with van der Waals surface area (Å²) >= 11 is 0. The monoisotopic (exact) mass is 488 g/mol. The second kappa shape index (κ2) is 10.5. The van der Waals surface area contributed by atoms with E-state index in [9.17, 15) is 0 Å².